The van der Waals surface area contributed by atoms with Gasteiger partial charge >= 0.3 is 11.9 Å². The number of esters is 1. The molecule has 292 valence electrons. The second kappa shape index (κ2) is 13.4. The number of carbonyl (C=O) groups excluding carboxylic acids is 1. The highest BCUT2D eigenvalue weighted by Gasteiger charge is 2.83. The van der Waals surface area contributed by atoms with Crippen molar-refractivity contribution >= 4 is 11.9 Å². The van der Waals surface area contributed by atoms with Gasteiger partial charge in [0, 0.05) is 26.0 Å². The van der Waals surface area contributed by atoms with Crippen molar-refractivity contribution in [3.63, 3.8) is 0 Å². The van der Waals surface area contributed by atoms with Gasteiger partial charge in [0.1, 0.15) is 6.04 Å². The molecular weight excluding hydrogens is 654 g/mol. The molecule has 51 heavy (non-hydrogen) atoms. The van der Waals surface area contributed by atoms with Gasteiger partial charge in [-0.2, -0.15) is 0 Å². The standard InChI is InChI=1S/C40H67NO10/c1-23(18-27(48-9)33(36(5,6)47)50-24(2)43)25-19-30(44)38(8)29-11-10-28-35(3,4)31(12-13-39(28)22-40(29,39)15-14-37(25,38)7)51-32-20-41(16-17-49-32)26(21-42)34(45)46/h23,25-33,42,44,47H,10-22H2,1-9H3,(H,45,46)/t23-,25-,26+,27?,28?,29?,30+,31+,32+,33+,37-,38-,39-,40?/m1/s1. The molecule has 1 saturated heterocycles. The number of hydrogen-bond acceptors (Lipinski definition) is 10. The molecule has 6 fully saturated rings. The van der Waals surface area contributed by atoms with E-state index in [9.17, 15) is 30.0 Å². The molecule has 14 atom stereocenters. The van der Waals surface area contributed by atoms with Gasteiger partial charge in [0.25, 0.3) is 0 Å². The van der Waals surface area contributed by atoms with Gasteiger partial charge in [-0.05, 0) is 117 Å². The van der Waals surface area contributed by atoms with Crippen LogP contribution in [0.1, 0.15) is 113 Å². The van der Waals surface area contributed by atoms with Gasteiger partial charge in [-0.1, -0.05) is 34.6 Å². The highest BCUT2D eigenvalue weighted by atomic mass is 16.7. The third-order valence-electron chi connectivity index (χ3n) is 16.4. The van der Waals surface area contributed by atoms with Crippen molar-refractivity contribution in [2.75, 3.05) is 33.4 Å². The Bertz CT molecular complexity index is 1320. The van der Waals surface area contributed by atoms with Crippen molar-refractivity contribution in [1.29, 1.82) is 0 Å². The molecule has 0 aromatic heterocycles. The Morgan fingerprint density at radius 1 is 1.04 bits per heavy atom. The smallest absolute Gasteiger partial charge is 0.323 e. The summed E-state index contributed by atoms with van der Waals surface area (Å²) in [6, 6.07) is -0.956. The summed E-state index contributed by atoms with van der Waals surface area (Å²) in [5, 5.41) is 42.5. The number of morpholine rings is 1. The van der Waals surface area contributed by atoms with Crippen LogP contribution >= 0.6 is 0 Å². The molecule has 5 aliphatic carbocycles. The van der Waals surface area contributed by atoms with E-state index < -0.39 is 54.8 Å². The van der Waals surface area contributed by atoms with Crippen LogP contribution in [0.15, 0.2) is 0 Å². The first kappa shape index (κ1) is 39.4. The number of fused-ring (bicyclic) bond motifs is 2. The molecule has 5 saturated carbocycles. The second-order valence-corrected chi connectivity index (χ2v) is 19.2. The number of hydrogen-bond donors (Lipinski definition) is 4. The molecule has 0 amide bonds. The maximum absolute atomic E-state index is 12.2. The predicted octanol–water partition coefficient (Wildman–Crippen LogP) is 4.63. The monoisotopic (exact) mass is 721 g/mol. The van der Waals surface area contributed by atoms with E-state index in [1.165, 1.54) is 19.8 Å². The number of methoxy groups -OCH3 is 1. The number of aliphatic carboxylic acids is 1. The Kier molecular flexibility index (Phi) is 10.4. The molecule has 11 heteroatoms. The van der Waals surface area contributed by atoms with E-state index >= 15 is 0 Å². The molecule has 0 aromatic carbocycles. The fourth-order valence-corrected chi connectivity index (χ4v) is 13.8. The van der Waals surface area contributed by atoms with Crippen LogP contribution in [-0.4, -0.2) is 113 Å². The lowest BCUT2D eigenvalue weighted by Crippen LogP contribution is -2.60. The van der Waals surface area contributed by atoms with E-state index in [0.29, 0.717) is 38.0 Å². The summed E-state index contributed by atoms with van der Waals surface area (Å²) < 4.78 is 24.3. The van der Waals surface area contributed by atoms with Gasteiger partial charge in [0.2, 0.25) is 0 Å². The summed E-state index contributed by atoms with van der Waals surface area (Å²) in [5.74, 6) is -0.0935. The molecule has 0 bridgehead atoms. The maximum Gasteiger partial charge on any atom is 0.323 e. The van der Waals surface area contributed by atoms with E-state index in [-0.39, 0.29) is 45.0 Å². The molecule has 0 aromatic rings. The lowest BCUT2D eigenvalue weighted by molar-refractivity contribution is -0.251. The van der Waals surface area contributed by atoms with E-state index in [4.69, 9.17) is 18.9 Å². The number of rotatable bonds is 12. The highest BCUT2D eigenvalue weighted by molar-refractivity contribution is 5.73. The van der Waals surface area contributed by atoms with Crippen molar-refractivity contribution in [3.8, 4) is 0 Å². The van der Waals surface area contributed by atoms with Crippen molar-refractivity contribution in [2.45, 2.75) is 156 Å². The first-order chi connectivity index (χ1) is 23.7. The predicted molar refractivity (Wildman–Crippen MR) is 189 cm³/mol. The molecular formula is C40H67NO10. The van der Waals surface area contributed by atoms with Crippen LogP contribution < -0.4 is 0 Å². The Morgan fingerprint density at radius 2 is 1.71 bits per heavy atom. The van der Waals surface area contributed by atoms with E-state index in [1.807, 2.05) is 0 Å². The van der Waals surface area contributed by atoms with Gasteiger partial charge in [0.05, 0.1) is 43.7 Å². The Balaban J connectivity index is 1.18. The molecule has 4 N–H and O–H groups in total. The normalized spacial score (nSPS) is 44.2. The number of ether oxygens (including phenoxy) is 4. The SMILES string of the molecule is COC(C[C@@H](C)[C@H]1C[C@H](O)[C@@]2(C)C3CCC4C(C)(C)[C@@H](O[C@H]5CN([C@@H](CO)C(=O)O)CCO5)CC[C@@]45CC35CC[C@]12C)[C@H](OC(C)=O)C(C)(C)O. The summed E-state index contributed by atoms with van der Waals surface area (Å²) in [7, 11) is 1.62. The fourth-order valence-electron chi connectivity index (χ4n) is 13.8. The summed E-state index contributed by atoms with van der Waals surface area (Å²) in [6.07, 6.45) is 6.84. The largest absolute Gasteiger partial charge is 0.480 e. The first-order valence-electron chi connectivity index (χ1n) is 19.7. The summed E-state index contributed by atoms with van der Waals surface area (Å²) >= 11 is 0. The fraction of sp³-hybridized carbons (Fsp3) is 0.950. The van der Waals surface area contributed by atoms with Crippen LogP contribution in [-0.2, 0) is 28.5 Å². The van der Waals surface area contributed by atoms with Gasteiger partial charge < -0.3 is 39.4 Å². The molecule has 11 nitrogen and oxygen atoms in total. The van der Waals surface area contributed by atoms with Gasteiger partial charge in [0.15, 0.2) is 12.4 Å². The molecule has 0 radical (unpaired) electrons. The van der Waals surface area contributed by atoms with Crippen LogP contribution in [0, 0.1) is 50.7 Å². The number of carboxylic acids is 1. The Labute approximate surface area is 305 Å². The minimum absolute atomic E-state index is 0.00939. The van der Waals surface area contributed by atoms with Crippen molar-refractivity contribution < 1.29 is 49.0 Å². The van der Waals surface area contributed by atoms with Crippen molar-refractivity contribution in [1.82, 2.24) is 4.90 Å². The van der Waals surface area contributed by atoms with Crippen LogP contribution in [0.4, 0.5) is 0 Å². The zero-order chi connectivity index (χ0) is 37.5. The number of aliphatic hydroxyl groups is 3. The average molecular weight is 722 g/mol. The van der Waals surface area contributed by atoms with Crippen molar-refractivity contribution in [2.24, 2.45) is 50.7 Å². The molecule has 6 aliphatic rings. The number of aliphatic hydroxyl groups excluding tert-OH is 2. The minimum atomic E-state index is -1.26. The molecule has 1 aliphatic heterocycles. The molecule has 1 heterocycles. The lowest BCUT2D eigenvalue weighted by Gasteiger charge is -2.64. The average Bonchev–Trinajstić information content (AvgIpc) is 3.66. The number of carboxylic acid groups (broad SMARTS) is 1. The molecule has 2 spiro atoms. The first-order valence-corrected chi connectivity index (χ1v) is 19.7. The van der Waals surface area contributed by atoms with Crippen LogP contribution in [0.5, 0.6) is 0 Å². The Hall–Kier alpha value is -1.34. The lowest BCUT2D eigenvalue weighted by atomic mass is 9.41. The highest BCUT2D eigenvalue weighted by Crippen LogP contribution is 2.89. The summed E-state index contributed by atoms with van der Waals surface area (Å²) in [4.78, 5) is 25.5. The zero-order valence-electron chi connectivity index (χ0n) is 32.7. The molecule has 4 unspecified atom stereocenters. The maximum atomic E-state index is 12.2. The summed E-state index contributed by atoms with van der Waals surface area (Å²) in [5.41, 5.74) is -1.19. The van der Waals surface area contributed by atoms with Crippen LogP contribution in [0.2, 0.25) is 0 Å². The third kappa shape index (κ3) is 6.02. The second-order valence-electron chi connectivity index (χ2n) is 19.2. The Morgan fingerprint density at radius 3 is 2.31 bits per heavy atom. The third-order valence-corrected chi connectivity index (χ3v) is 16.4. The van der Waals surface area contributed by atoms with Gasteiger partial charge in [-0.15, -0.1) is 0 Å². The number of nitrogens with zero attached hydrogens (tertiary/aromatic N) is 1. The van der Waals surface area contributed by atoms with Crippen LogP contribution in [0.25, 0.3) is 0 Å². The molecule has 6 rings (SSSR count). The topological polar surface area (TPSA) is 155 Å². The van der Waals surface area contributed by atoms with E-state index in [0.717, 1.165) is 38.5 Å². The zero-order valence-corrected chi connectivity index (χ0v) is 32.7. The van der Waals surface area contributed by atoms with E-state index in [1.54, 1.807) is 25.9 Å². The van der Waals surface area contributed by atoms with Gasteiger partial charge in [-0.3, -0.25) is 14.5 Å². The van der Waals surface area contributed by atoms with Gasteiger partial charge in [-0.25, -0.2) is 0 Å². The number of carbonyl (C=O) groups is 2. The van der Waals surface area contributed by atoms with Crippen LogP contribution in [0.3, 0.4) is 0 Å². The quantitative estimate of drug-likeness (QED) is 0.209. The summed E-state index contributed by atoms with van der Waals surface area (Å²) in [6.45, 7) is 17.2. The van der Waals surface area contributed by atoms with Crippen molar-refractivity contribution in [3.05, 3.63) is 0 Å². The minimum Gasteiger partial charge on any atom is -0.480 e. The van der Waals surface area contributed by atoms with E-state index in [2.05, 4.69) is 34.6 Å².